The third-order valence-corrected chi connectivity index (χ3v) is 4.27. The molecule has 1 atom stereocenters. The SMILES string of the molecule is COc1cc(C(O)c2cc(Cl)ccc2I)ccc1Cl. The second-order valence-corrected chi connectivity index (χ2v) is 5.97. The van der Waals surface area contributed by atoms with Crippen LogP contribution in [-0.4, -0.2) is 12.2 Å². The summed E-state index contributed by atoms with van der Waals surface area (Å²) in [6.07, 6.45) is -0.767. The Kier molecular flexibility index (Phi) is 4.95. The Balaban J connectivity index is 2.43. The quantitative estimate of drug-likeness (QED) is 0.746. The van der Waals surface area contributed by atoms with Gasteiger partial charge in [-0.05, 0) is 64.0 Å². The van der Waals surface area contributed by atoms with Crippen molar-refractivity contribution < 1.29 is 9.84 Å². The van der Waals surface area contributed by atoms with Crippen molar-refractivity contribution in [2.24, 2.45) is 0 Å². The summed E-state index contributed by atoms with van der Waals surface area (Å²) in [6.45, 7) is 0. The van der Waals surface area contributed by atoms with Gasteiger partial charge in [0.1, 0.15) is 11.9 Å². The van der Waals surface area contributed by atoms with Crippen LogP contribution < -0.4 is 4.74 Å². The van der Waals surface area contributed by atoms with E-state index in [0.29, 0.717) is 21.4 Å². The van der Waals surface area contributed by atoms with Gasteiger partial charge in [-0.3, -0.25) is 0 Å². The number of aliphatic hydroxyl groups is 1. The number of aliphatic hydroxyl groups excluding tert-OH is 1. The van der Waals surface area contributed by atoms with Crippen molar-refractivity contribution in [3.05, 3.63) is 61.1 Å². The molecule has 2 rings (SSSR count). The first-order valence-electron chi connectivity index (χ1n) is 5.49. The zero-order valence-corrected chi connectivity index (χ0v) is 13.7. The molecule has 2 aromatic carbocycles. The summed E-state index contributed by atoms with van der Waals surface area (Å²) in [5.74, 6) is 0.537. The summed E-state index contributed by atoms with van der Waals surface area (Å²) in [5.41, 5.74) is 1.47. The molecule has 0 heterocycles. The van der Waals surface area contributed by atoms with E-state index in [2.05, 4.69) is 22.6 Å². The molecule has 2 nitrogen and oxygen atoms in total. The first kappa shape index (κ1) is 14.9. The van der Waals surface area contributed by atoms with Gasteiger partial charge in [-0.1, -0.05) is 29.3 Å². The molecule has 0 fully saturated rings. The Bertz CT molecular complexity index is 602. The van der Waals surface area contributed by atoms with Crippen LogP contribution in [-0.2, 0) is 0 Å². The van der Waals surface area contributed by atoms with E-state index in [4.69, 9.17) is 27.9 Å². The third-order valence-electron chi connectivity index (χ3n) is 2.74. The van der Waals surface area contributed by atoms with Gasteiger partial charge >= 0.3 is 0 Å². The average Bonchev–Trinajstić information content (AvgIpc) is 2.41. The highest BCUT2D eigenvalue weighted by molar-refractivity contribution is 14.1. The lowest BCUT2D eigenvalue weighted by Crippen LogP contribution is -2.02. The first-order chi connectivity index (χ1) is 9.02. The number of halogens is 3. The fraction of sp³-hybridized carbons (Fsp3) is 0.143. The molecule has 0 aliphatic rings. The minimum absolute atomic E-state index is 0.513. The maximum Gasteiger partial charge on any atom is 0.137 e. The van der Waals surface area contributed by atoms with Gasteiger partial charge in [-0.15, -0.1) is 0 Å². The van der Waals surface area contributed by atoms with Gasteiger partial charge in [-0.25, -0.2) is 0 Å². The highest BCUT2D eigenvalue weighted by atomic mass is 127. The monoisotopic (exact) mass is 408 g/mol. The molecule has 0 aliphatic carbocycles. The van der Waals surface area contributed by atoms with Crippen molar-refractivity contribution in [2.75, 3.05) is 7.11 Å². The lowest BCUT2D eigenvalue weighted by molar-refractivity contribution is 0.219. The van der Waals surface area contributed by atoms with Crippen LogP contribution in [0.4, 0.5) is 0 Å². The van der Waals surface area contributed by atoms with Gasteiger partial charge in [0.15, 0.2) is 0 Å². The Hall–Kier alpha value is -0.490. The van der Waals surface area contributed by atoms with E-state index in [1.54, 1.807) is 37.4 Å². The van der Waals surface area contributed by atoms with Crippen LogP contribution in [0.3, 0.4) is 0 Å². The van der Waals surface area contributed by atoms with E-state index in [-0.39, 0.29) is 0 Å². The van der Waals surface area contributed by atoms with Gasteiger partial charge in [0.05, 0.1) is 12.1 Å². The molecule has 1 unspecified atom stereocenters. The Morgan fingerprint density at radius 2 is 1.89 bits per heavy atom. The molecule has 5 heteroatoms. The van der Waals surface area contributed by atoms with Gasteiger partial charge in [0.25, 0.3) is 0 Å². The minimum atomic E-state index is -0.767. The molecule has 0 spiro atoms. The predicted octanol–water partition coefficient (Wildman–Crippen LogP) is 4.69. The molecule has 19 heavy (non-hydrogen) atoms. The number of hydrogen-bond acceptors (Lipinski definition) is 2. The van der Waals surface area contributed by atoms with Gasteiger partial charge in [-0.2, -0.15) is 0 Å². The third kappa shape index (κ3) is 3.34. The van der Waals surface area contributed by atoms with E-state index < -0.39 is 6.10 Å². The smallest absolute Gasteiger partial charge is 0.137 e. The second kappa shape index (κ2) is 6.31. The van der Waals surface area contributed by atoms with Gasteiger partial charge in [0.2, 0.25) is 0 Å². The molecule has 0 amide bonds. The van der Waals surface area contributed by atoms with E-state index in [0.717, 1.165) is 9.13 Å². The molecule has 0 bridgehead atoms. The number of benzene rings is 2. The maximum atomic E-state index is 10.4. The topological polar surface area (TPSA) is 29.5 Å². The van der Waals surface area contributed by atoms with Crippen LogP contribution >= 0.6 is 45.8 Å². The maximum absolute atomic E-state index is 10.4. The number of ether oxygens (including phenoxy) is 1. The number of rotatable bonds is 3. The summed E-state index contributed by atoms with van der Waals surface area (Å²) in [4.78, 5) is 0. The number of hydrogen-bond donors (Lipinski definition) is 1. The molecule has 2 aromatic rings. The summed E-state index contributed by atoms with van der Waals surface area (Å²) >= 11 is 14.1. The zero-order valence-electron chi connectivity index (χ0n) is 10.0. The molecule has 0 radical (unpaired) electrons. The van der Waals surface area contributed by atoms with Gasteiger partial charge < -0.3 is 9.84 Å². The van der Waals surface area contributed by atoms with Crippen LogP contribution in [0, 0.1) is 3.57 Å². The van der Waals surface area contributed by atoms with Crippen molar-refractivity contribution in [1.29, 1.82) is 0 Å². The zero-order chi connectivity index (χ0) is 14.0. The van der Waals surface area contributed by atoms with E-state index >= 15 is 0 Å². The van der Waals surface area contributed by atoms with Crippen molar-refractivity contribution in [3.63, 3.8) is 0 Å². The molecule has 0 saturated carbocycles. The van der Waals surface area contributed by atoms with Crippen molar-refractivity contribution in [3.8, 4) is 5.75 Å². The summed E-state index contributed by atoms with van der Waals surface area (Å²) < 4.78 is 6.10. The molecule has 0 saturated heterocycles. The van der Waals surface area contributed by atoms with E-state index in [1.165, 1.54) is 0 Å². The second-order valence-electron chi connectivity index (χ2n) is 3.96. The Morgan fingerprint density at radius 1 is 1.16 bits per heavy atom. The predicted molar refractivity (Wildman–Crippen MR) is 86.2 cm³/mol. The molecule has 0 aliphatic heterocycles. The van der Waals surface area contributed by atoms with Crippen LogP contribution in [0.2, 0.25) is 10.0 Å². The highest BCUT2D eigenvalue weighted by Crippen LogP contribution is 2.33. The van der Waals surface area contributed by atoms with Crippen molar-refractivity contribution >= 4 is 45.8 Å². The standard InChI is InChI=1S/C14H11Cl2IO2/c1-19-13-6-8(2-4-11(13)16)14(18)10-7-9(15)3-5-12(10)17/h2-7,14,18H,1H3. The fourth-order valence-electron chi connectivity index (χ4n) is 1.75. The normalized spacial score (nSPS) is 12.3. The van der Waals surface area contributed by atoms with Crippen LogP contribution in [0.25, 0.3) is 0 Å². The summed E-state index contributed by atoms with van der Waals surface area (Å²) in [5, 5.41) is 11.6. The molecular weight excluding hydrogens is 398 g/mol. The molecular formula is C14H11Cl2IO2. The fourth-order valence-corrected chi connectivity index (χ4v) is 2.76. The lowest BCUT2D eigenvalue weighted by Gasteiger charge is -2.15. The van der Waals surface area contributed by atoms with Crippen molar-refractivity contribution in [1.82, 2.24) is 0 Å². The summed E-state index contributed by atoms with van der Waals surface area (Å²) in [7, 11) is 1.54. The molecule has 1 N–H and O–H groups in total. The Labute approximate surface area is 135 Å². The van der Waals surface area contributed by atoms with Crippen LogP contribution in [0.15, 0.2) is 36.4 Å². The molecule has 0 aromatic heterocycles. The highest BCUT2D eigenvalue weighted by Gasteiger charge is 2.16. The summed E-state index contributed by atoms with van der Waals surface area (Å²) in [6, 6.07) is 10.6. The first-order valence-corrected chi connectivity index (χ1v) is 7.33. The van der Waals surface area contributed by atoms with Crippen LogP contribution in [0.1, 0.15) is 17.2 Å². The minimum Gasteiger partial charge on any atom is -0.495 e. The molecule has 100 valence electrons. The van der Waals surface area contributed by atoms with E-state index in [1.807, 2.05) is 6.07 Å². The Morgan fingerprint density at radius 3 is 2.58 bits per heavy atom. The van der Waals surface area contributed by atoms with Crippen LogP contribution in [0.5, 0.6) is 5.75 Å². The van der Waals surface area contributed by atoms with Crippen molar-refractivity contribution in [2.45, 2.75) is 6.10 Å². The largest absolute Gasteiger partial charge is 0.495 e. The average molecular weight is 409 g/mol. The number of methoxy groups -OCH3 is 1. The lowest BCUT2D eigenvalue weighted by atomic mass is 10.0. The van der Waals surface area contributed by atoms with E-state index in [9.17, 15) is 5.11 Å². The van der Waals surface area contributed by atoms with Gasteiger partial charge in [0, 0.05) is 8.59 Å².